The van der Waals surface area contributed by atoms with E-state index < -0.39 is 0 Å². The van der Waals surface area contributed by atoms with E-state index in [9.17, 15) is 4.79 Å². The Morgan fingerprint density at radius 2 is 2.20 bits per heavy atom. The second-order valence-electron chi connectivity index (χ2n) is 4.63. The lowest BCUT2D eigenvalue weighted by molar-refractivity contribution is 0.0924. The molecule has 1 aromatic carbocycles. The first kappa shape index (κ1) is 14.6. The summed E-state index contributed by atoms with van der Waals surface area (Å²) in [4.78, 5) is 11.9. The molecule has 2 rings (SSSR count). The second-order valence-corrected chi connectivity index (χ2v) is 5.06. The van der Waals surface area contributed by atoms with Crippen LogP contribution in [0.15, 0.2) is 40.8 Å². The number of furan rings is 1. The first-order chi connectivity index (χ1) is 9.56. The number of halogens is 1. The molecule has 4 nitrogen and oxygen atoms in total. The Labute approximate surface area is 122 Å². The SMILES string of the molecule is CC(N)c1ccc(C(=O)NCCc2cccc(Cl)c2)o1. The smallest absolute Gasteiger partial charge is 0.287 e. The van der Waals surface area contributed by atoms with Crippen LogP contribution in [0, 0.1) is 0 Å². The number of carbonyl (C=O) groups is 1. The summed E-state index contributed by atoms with van der Waals surface area (Å²) in [7, 11) is 0. The predicted molar refractivity (Wildman–Crippen MR) is 78.8 cm³/mol. The fraction of sp³-hybridized carbons (Fsp3) is 0.267. The molecule has 1 heterocycles. The Morgan fingerprint density at radius 3 is 2.85 bits per heavy atom. The van der Waals surface area contributed by atoms with Crippen molar-refractivity contribution in [2.24, 2.45) is 5.73 Å². The van der Waals surface area contributed by atoms with Crippen LogP contribution >= 0.6 is 11.6 Å². The van der Waals surface area contributed by atoms with Crippen LogP contribution in [0.4, 0.5) is 0 Å². The third-order valence-corrected chi connectivity index (χ3v) is 3.12. The highest BCUT2D eigenvalue weighted by molar-refractivity contribution is 6.30. The van der Waals surface area contributed by atoms with E-state index in [4.69, 9.17) is 21.8 Å². The summed E-state index contributed by atoms with van der Waals surface area (Å²) in [6, 6.07) is 10.7. The molecule has 0 saturated heterocycles. The van der Waals surface area contributed by atoms with Crippen molar-refractivity contribution < 1.29 is 9.21 Å². The minimum absolute atomic E-state index is 0.219. The summed E-state index contributed by atoms with van der Waals surface area (Å²) >= 11 is 5.90. The summed E-state index contributed by atoms with van der Waals surface area (Å²) in [6.07, 6.45) is 0.715. The van der Waals surface area contributed by atoms with Gasteiger partial charge in [0.25, 0.3) is 5.91 Å². The topological polar surface area (TPSA) is 68.3 Å². The maximum atomic E-state index is 11.9. The summed E-state index contributed by atoms with van der Waals surface area (Å²) in [6.45, 7) is 2.33. The zero-order valence-corrected chi connectivity index (χ0v) is 12.0. The summed E-state index contributed by atoms with van der Waals surface area (Å²) in [5.74, 6) is 0.646. The molecule has 0 spiro atoms. The lowest BCUT2D eigenvalue weighted by Crippen LogP contribution is -2.25. The van der Waals surface area contributed by atoms with Crippen LogP contribution in [-0.4, -0.2) is 12.5 Å². The fourth-order valence-electron chi connectivity index (χ4n) is 1.82. The Morgan fingerprint density at radius 1 is 1.40 bits per heavy atom. The minimum Gasteiger partial charge on any atom is -0.454 e. The molecule has 0 fully saturated rings. The molecule has 20 heavy (non-hydrogen) atoms. The van der Waals surface area contributed by atoms with E-state index in [1.165, 1.54) is 0 Å². The number of nitrogens with two attached hydrogens (primary N) is 1. The van der Waals surface area contributed by atoms with Gasteiger partial charge >= 0.3 is 0 Å². The molecular weight excluding hydrogens is 276 g/mol. The molecule has 0 aliphatic rings. The van der Waals surface area contributed by atoms with Gasteiger partial charge in [0.1, 0.15) is 5.76 Å². The monoisotopic (exact) mass is 292 g/mol. The van der Waals surface area contributed by atoms with Gasteiger partial charge in [-0.2, -0.15) is 0 Å². The molecular formula is C15H17ClN2O2. The number of nitrogens with one attached hydrogen (secondary N) is 1. The maximum Gasteiger partial charge on any atom is 0.287 e. The van der Waals surface area contributed by atoms with Gasteiger partial charge < -0.3 is 15.5 Å². The molecule has 0 radical (unpaired) electrons. The van der Waals surface area contributed by atoms with Crippen LogP contribution < -0.4 is 11.1 Å². The van der Waals surface area contributed by atoms with E-state index >= 15 is 0 Å². The molecule has 0 bridgehead atoms. The van der Waals surface area contributed by atoms with E-state index in [2.05, 4.69) is 5.32 Å². The number of hydrogen-bond acceptors (Lipinski definition) is 3. The lowest BCUT2D eigenvalue weighted by atomic mass is 10.1. The standard InChI is InChI=1S/C15H17ClN2O2/c1-10(17)13-5-6-14(20-13)15(19)18-8-7-11-3-2-4-12(16)9-11/h2-6,9-10H,7-8,17H2,1H3,(H,18,19). The molecule has 1 atom stereocenters. The number of carbonyl (C=O) groups excluding carboxylic acids is 1. The highest BCUT2D eigenvalue weighted by atomic mass is 35.5. The highest BCUT2D eigenvalue weighted by Crippen LogP contribution is 2.14. The molecule has 5 heteroatoms. The van der Waals surface area contributed by atoms with Crippen LogP contribution in [0.1, 0.15) is 34.8 Å². The van der Waals surface area contributed by atoms with Crippen molar-refractivity contribution in [1.82, 2.24) is 5.32 Å². The van der Waals surface area contributed by atoms with Crippen LogP contribution in [0.25, 0.3) is 0 Å². The average Bonchev–Trinajstić information content (AvgIpc) is 2.88. The molecule has 0 saturated carbocycles. The van der Waals surface area contributed by atoms with Gasteiger partial charge in [0.2, 0.25) is 0 Å². The maximum absolute atomic E-state index is 11.9. The quantitative estimate of drug-likeness (QED) is 0.890. The number of rotatable bonds is 5. The zero-order chi connectivity index (χ0) is 14.5. The number of amides is 1. The minimum atomic E-state index is -0.237. The van der Waals surface area contributed by atoms with Gasteiger partial charge in [0, 0.05) is 11.6 Å². The van der Waals surface area contributed by atoms with Gasteiger partial charge in [-0.15, -0.1) is 0 Å². The first-order valence-electron chi connectivity index (χ1n) is 6.44. The van der Waals surface area contributed by atoms with Crippen molar-refractivity contribution in [3.05, 3.63) is 58.5 Å². The van der Waals surface area contributed by atoms with Crippen LogP contribution in [0.5, 0.6) is 0 Å². The van der Waals surface area contributed by atoms with Crippen molar-refractivity contribution in [3.8, 4) is 0 Å². The second kappa shape index (κ2) is 6.59. The van der Waals surface area contributed by atoms with Crippen LogP contribution in [0.3, 0.4) is 0 Å². The van der Waals surface area contributed by atoms with Crippen molar-refractivity contribution in [1.29, 1.82) is 0 Å². The first-order valence-corrected chi connectivity index (χ1v) is 6.82. The zero-order valence-electron chi connectivity index (χ0n) is 11.2. The van der Waals surface area contributed by atoms with E-state index in [-0.39, 0.29) is 17.7 Å². The van der Waals surface area contributed by atoms with Gasteiger partial charge in [-0.3, -0.25) is 4.79 Å². The largest absolute Gasteiger partial charge is 0.454 e. The summed E-state index contributed by atoms with van der Waals surface area (Å²) in [5, 5.41) is 3.50. The van der Waals surface area contributed by atoms with Gasteiger partial charge in [-0.05, 0) is 43.2 Å². The Kier molecular flexibility index (Phi) is 4.82. The molecule has 1 aromatic heterocycles. The van der Waals surface area contributed by atoms with Crippen LogP contribution in [0.2, 0.25) is 5.02 Å². The highest BCUT2D eigenvalue weighted by Gasteiger charge is 2.12. The van der Waals surface area contributed by atoms with Crippen molar-refractivity contribution in [3.63, 3.8) is 0 Å². The van der Waals surface area contributed by atoms with Crippen molar-refractivity contribution in [2.45, 2.75) is 19.4 Å². The van der Waals surface area contributed by atoms with E-state index in [0.717, 1.165) is 5.56 Å². The Bertz CT molecular complexity index is 593. The molecule has 2 aromatic rings. The summed E-state index contributed by atoms with van der Waals surface area (Å²) in [5.41, 5.74) is 6.76. The molecule has 0 aliphatic carbocycles. The Hall–Kier alpha value is -1.78. The number of hydrogen-bond donors (Lipinski definition) is 2. The normalized spacial score (nSPS) is 12.2. The van der Waals surface area contributed by atoms with Crippen molar-refractivity contribution >= 4 is 17.5 Å². The average molecular weight is 293 g/mol. The lowest BCUT2D eigenvalue weighted by Gasteiger charge is -2.04. The van der Waals surface area contributed by atoms with E-state index in [1.54, 1.807) is 19.1 Å². The summed E-state index contributed by atoms with van der Waals surface area (Å²) < 4.78 is 5.37. The van der Waals surface area contributed by atoms with Crippen LogP contribution in [-0.2, 0) is 6.42 Å². The third kappa shape index (κ3) is 3.85. The van der Waals surface area contributed by atoms with Crippen molar-refractivity contribution in [2.75, 3.05) is 6.54 Å². The molecule has 1 unspecified atom stereocenters. The van der Waals surface area contributed by atoms with Gasteiger partial charge in [0.15, 0.2) is 5.76 Å². The molecule has 1 amide bonds. The van der Waals surface area contributed by atoms with E-state index in [1.807, 2.05) is 24.3 Å². The molecule has 106 valence electrons. The number of benzene rings is 1. The predicted octanol–water partition coefficient (Wildman–Crippen LogP) is 2.93. The van der Waals surface area contributed by atoms with E-state index in [0.29, 0.717) is 23.7 Å². The van der Waals surface area contributed by atoms with Gasteiger partial charge in [-0.1, -0.05) is 23.7 Å². The fourth-order valence-corrected chi connectivity index (χ4v) is 2.03. The molecule has 3 N–H and O–H groups in total. The Balaban J connectivity index is 1.85. The molecule has 0 aliphatic heterocycles. The van der Waals surface area contributed by atoms with Gasteiger partial charge in [0.05, 0.1) is 6.04 Å². The van der Waals surface area contributed by atoms with Gasteiger partial charge in [-0.25, -0.2) is 0 Å². The third-order valence-electron chi connectivity index (χ3n) is 2.89.